The molecule has 1 saturated heterocycles. The molecule has 8 nitrogen and oxygen atoms in total. The van der Waals surface area contributed by atoms with Crippen molar-refractivity contribution in [3.63, 3.8) is 0 Å². The van der Waals surface area contributed by atoms with Gasteiger partial charge in [-0.3, -0.25) is 14.2 Å². The first-order chi connectivity index (χ1) is 10.5. The molecule has 2 N–H and O–H groups in total. The Morgan fingerprint density at radius 2 is 2.00 bits per heavy atom. The van der Waals surface area contributed by atoms with E-state index in [9.17, 15) is 14.4 Å². The summed E-state index contributed by atoms with van der Waals surface area (Å²) >= 11 is 0. The summed E-state index contributed by atoms with van der Waals surface area (Å²) < 4.78 is 1.42. The van der Waals surface area contributed by atoms with Crippen LogP contribution in [0.3, 0.4) is 0 Å². The van der Waals surface area contributed by atoms with Crippen LogP contribution in [0.2, 0.25) is 0 Å². The lowest BCUT2D eigenvalue weighted by atomic mass is 10.0. The molecule has 3 heterocycles. The molecule has 0 bridgehead atoms. The van der Waals surface area contributed by atoms with Crippen LogP contribution >= 0.6 is 0 Å². The first-order valence-electron chi connectivity index (χ1n) is 7.07. The van der Waals surface area contributed by atoms with Gasteiger partial charge in [-0.15, -0.1) is 0 Å². The summed E-state index contributed by atoms with van der Waals surface area (Å²) in [5.41, 5.74) is 0.378. The number of hydrogen-bond acceptors (Lipinski definition) is 4. The zero-order valence-electron chi connectivity index (χ0n) is 12.1. The number of fused-ring (bicyclic) bond motifs is 1. The number of pyridine rings is 1. The highest BCUT2D eigenvalue weighted by molar-refractivity contribution is 5.70. The summed E-state index contributed by atoms with van der Waals surface area (Å²) in [6.45, 7) is 2.49. The van der Waals surface area contributed by atoms with Crippen molar-refractivity contribution in [1.29, 1.82) is 0 Å². The van der Waals surface area contributed by atoms with Crippen LogP contribution in [0.25, 0.3) is 11.2 Å². The van der Waals surface area contributed by atoms with Gasteiger partial charge in [-0.25, -0.2) is 9.78 Å². The molecule has 0 radical (unpaired) electrons. The highest BCUT2D eigenvalue weighted by Gasteiger charge is 2.26. The zero-order valence-corrected chi connectivity index (χ0v) is 12.1. The average Bonchev–Trinajstić information content (AvgIpc) is 2.49. The monoisotopic (exact) mass is 304 g/mol. The van der Waals surface area contributed by atoms with Crippen molar-refractivity contribution in [2.45, 2.75) is 25.8 Å². The molecule has 1 aliphatic rings. The largest absolute Gasteiger partial charge is 0.465 e. The van der Waals surface area contributed by atoms with Crippen molar-refractivity contribution in [1.82, 2.24) is 19.4 Å². The number of amides is 1. The topological polar surface area (TPSA) is 108 Å². The Kier molecular flexibility index (Phi) is 3.44. The summed E-state index contributed by atoms with van der Waals surface area (Å²) in [5.74, 6) is 0. The first kappa shape index (κ1) is 14.3. The molecule has 2 aromatic heterocycles. The normalized spacial score (nSPS) is 16.1. The van der Waals surface area contributed by atoms with Gasteiger partial charge in [-0.2, -0.15) is 0 Å². The predicted octanol–water partition coefficient (Wildman–Crippen LogP) is 0.708. The smallest absolute Gasteiger partial charge is 0.407 e. The van der Waals surface area contributed by atoms with E-state index in [4.69, 9.17) is 5.11 Å². The molecule has 22 heavy (non-hydrogen) atoms. The van der Waals surface area contributed by atoms with E-state index in [1.54, 1.807) is 12.1 Å². The number of piperidine rings is 1. The number of aryl methyl sites for hydroxylation is 1. The zero-order chi connectivity index (χ0) is 15.9. The second-order valence-electron chi connectivity index (χ2n) is 5.45. The van der Waals surface area contributed by atoms with E-state index in [2.05, 4.69) is 9.97 Å². The fraction of sp³-hybridized carbons (Fsp3) is 0.429. The van der Waals surface area contributed by atoms with E-state index in [-0.39, 0.29) is 6.04 Å². The lowest BCUT2D eigenvalue weighted by Crippen LogP contribution is -2.44. The van der Waals surface area contributed by atoms with E-state index < -0.39 is 17.2 Å². The molecule has 1 amide bonds. The minimum atomic E-state index is -0.962. The highest BCUT2D eigenvalue weighted by Crippen LogP contribution is 2.23. The van der Waals surface area contributed by atoms with Gasteiger partial charge in [0.05, 0.1) is 5.52 Å². The number of carbonyl (C=O) groups is 1. The highest BCUT2D eigenvalue weighted by atomic mass is 16.4. The van der Waals surface area contributed by atoms with Gasteiger partial charge >= 0.3 is 17.2 Å². The lowest BCUT2D eigenvalue weighted by molar-refractivity contribution is 0.125. The molecule has 0 saturated carbocycles. The van der Waals surface area contributed by atoms with Crippen LogP contribution in [0.5, 0.6) is 0 Å². The maximum absolute atomic E-state index is 12.3. The minimum Gasteiger partial charge on any atom is -0.465 e. The standard InChI is InChI=1S/C14H16N4O4/c1-8-2-3-10-11(15-8)18(13(20)12(19)16-10)9-4-6-17(7-5-9)14(21)22/h2-3,9H,4-7H2,1H3,(H,16,19)(H,21,22). The molecular weight excluding hydrogens is 288 g/mol. The Labute approximate surface area is 125 Å². The Hall–Kier alpha value is -2.64. The fourth-order valence-electron chi connectivity index (χ4n) is 2.86. The molecular formula is C14H16N4O4. The third-order valence-corrected chi connectivity index (χ3v) is 4.00. The van der Waals surface area contributed by atoms with Crippen LogP contribution in [0.4, 0.5) is 4.79 Å². The Bertz CT molecular complexity index is 846. The second kappa shape index (κ2) is 5.28. The van der Waals surface area contributed by atoms with Gasteiger partial charge in [-0.05, 0) is 31.9 Å². The molecule has 1 aliphatic heterocycles. The molecule has 0 aromatic carbocycles. The molecule has 8 heteroatoms. The minimum absolute atomic E-state index is 0.220. The lowest BCUT2D eigenvalue weighted by Gasteiger charge is -2.31. The third kappa shape index (κ3) is 2.36. The van der Waals surface area contributed by atoms with Crippen LogP contribution < -0.4 is 11.1 Å². The van der Waals surface area contributed by atoms with Gasteiger partial charge in [0.1, 0.15) is 0 Å². The summed E-state index contributed by atoms with van der Waals surface area (Å²) in [7, 11) is 0. The van der Waals surface area contributed by atoms with Crippen LogP contribution in [-0.2, 0) is 0 Å². The Morgan fingerprint density at radius 3 is 2.64 bits per heavy atom. The Balaban J connectivity index is 2.09. The number of hydrogen-bond donors (Lipinski definition) is 2. The van der Waals surface area contributed by atoms with E-state index in [1.165, 1.54) is 9.47 Å². The number of likely N-dealkylation sites (tertiary alicyclic amines) is 1. The number of H-pyrrole nitrogens is 1. The molecule has 0 atom stereocenters. The Morgan fingerprint density at radius 1 is 1.32 bits per heavy atom. The number of aromatic amines is 1. The molecule has 2 aromatic rings. The van der Waals surface area contributed by atoms with Crippen LogP contribution in [-0.4, -0.2) is 43.7 Å². The maximum atomic E-state index is 12.3. The van der Waals surface area contributed by atoms with Gasteiger partial charge < -0.3 is 15.0 Å². The number of carboxylic acid groups (broad SMARTS) is 1. The summed E-state index contributed by atoms with van der Waals surface area (Å²) in [4.78, 5) is 43.3. The van der Waals surface area contributed by atoms with Crippen LogP contribution in [0.15, 0.2) is 21.7 Å². The van der Waals surface area contributed by atoms with Crippen LogP contribution in [0, 0.1) is 6.92 Å². The predicted molar refractivity (Wildman–Crippen MR) is 79.2 cm³/mol. The third-order valence-electron chi connectivity index (χ3n) is 4.00. The van der Waals surface area contributed by atoms with Crippen LogP contribution in [0.1, 0.15) is 24.6 Å². The van der Waals surface area contributed by atoms with Crippen molar-refractivity contribution < 1.29 is 9.90 Å². The van der Waals surface area contributed by atoms with Gasteiger partial charge in [0.15, 0.2) is 5.65 Å². The fourth-order valence-corrected chi connectivity index (χ4v) is 2.86. The quantitative estimate of drug-likeness (QED) is 0.754. The number of nitrogens with one attached hydrogen (secondary N) is 1. The maximum Gasteiger partial charge on any atom is 0.407 e. The van der Waals surface area contributed by atoms with E-state index in [0.717, 1.165) is 5.69 Å². The summed E-state index contributed by atoms with van der Waals surface area (Å²) in [5, 5.41) is 8.99. The van der Waals surface area contributed by atoms with E-state index >= 15 is 0 Å². The van der Waals surface area contributed by atoms with Gasteiger partial charge in [0.2, 0.25) is 0 Å². The molecule has 3 rings (SSSR count). The summed E-state index contributed by atoms with van der Waals surface area (Å²) in [6.07, 6.45) is 0.0105. The molecule has 0 spiro atoms. The van der Waals surface area contributed by atoms with Crippen molar-refractivity contribution in [2.75, 3.05) is 13.1 Å². The summed E-state index contributed by atoms with van der Waals surface area (Å²) in [6, 6.07) is 3.27. The number of nitrogens with zero attached hydrogens (tertiary/aromatic N) is 3. The van der Waals surface area contributed by atoms with E-state index in [1.807, 2.05) is 6.92 Å². The van der Waals surface area contributed by atoms with Crippen molar-refractivity contribution in [2.24, 2.45) is 0 Å². The number of rotatable bonds is 1. The van der Waals surface area contributed by atoms with Gasteiger partial charge in [-0.1, -0.05) is 0 Å². The SMILES string of the molecule is Cc1ccc2[nH]c(=O)c(=O)n(C3CCN(C(=O)O)CC3)c2n1. The molecule has 1 fully saturated rings. The number of aromatic nitrogens is 3. The van der Waals surface area contributed by atoms with Crippen molar-refractivity contribution in [3.8, 4) is 0 Å². The van der Waals surface area contributed by atoms with E-state index in [0.29, 0.717) is 37.1 Å². The molecule has 0 aliphatic carbocycles. The molecule has 0 unspecified atom stereocenters. The first-order valence-corrected chi connectivity index (χ1v) is 7.07. The average molecular weight is 304 g/mol. The van der Waals surface area contributed by atoms with Gasteiger partial charge in [0.25, 0.3) is 0 Å². The second-order valence-corrected chi connectivity index (χ2v) is 5.45. The molecule has 116 valence electrons. The van der Waals surface area contributed by atoms with Crippen molar-refractivity contribution >= 4 is 17.3 Å². The van der Waals surface area contributed by atoms with Gasteiger partial charge in [0, 0.05) is 24.8 Å². The van der Waals surface area contributed by atoms with Crippen molar-refractivity contribution in [3.05, 3.63) is 38.5 Å².